The van der Waals surface area contributed by atoms with Gasteiger partial charge in [-0.05, 0) is 24.3 Å². The van der Waals surface area contributed by atoms with Crippen LogP contribution in [0.1, 0.15) is 37.8 Å². The summed E-state index contributed by atoms with van der Waals surface area (Å²) in [4.78, 5) is 0.283. The molecule has 1 aromatic carbocycles. The van der Waals surface area contributed by atoms with Crippen molar-refractivity contribution in [1.82, 2.24) is 9.29 Å². The fourth-order valence-corrected chi connectivity index (χ4v) is 5.29. The summed E-state index contributed by atoms with van der Waals surface area (Å²) in [5.74, 6) is -4.18. The molecule has 3 atom stereocenters. The average molecular weight is 416 g/mol. The molecule has 0 saturated heterocycles. The van der Waals surface area contributed by atoms with E-state index in [2.05, 4.69) is 10.0 Å². The van der Waals surface area contributed by atoms with E-state index in [0.29, 0.717) is 24.1 Å². The molecule has 0 saturated carbocycles. The summed E-state index contributed by atoms with van der Waals surface area (Å²) < 4.78 is 65.7. The lowest BCUT2D eigenvalue weighted by Gasteiger charge is -2.21. The molecule has 28 heavy (non-hydrogen) atoms. The van der Waals surface area contributed by atoms with E-state index in [4.69, 9.17) is 4.78 Å². The number of aryl methyl sites for hydroxylation is 1. The molecule has 0 fully saturated rings. The number of fused-ring (bicyclic) bond motifs is 1. The van der Waals surface area contributed by atoms with Crippen LogP contribution in [0, 0.1) is 28.1 Å². The quantitative estimate of drug-likeness (QED) is 0.455. The molecule has 2 aromatic rings. The molecule has 2 unspecified atom stereocenters. The summed E-state index contributed by atoms with van der Waals surface area (Å²) in [5.41, 5.74) is 0.754. The fraction of sp³-hybridized carbons (Fsp3) is 0.444. The van der Waals surface area contributed by atoms with Crippen LogP contribution in [0.5, 0.6) is 0 Å². The van der Waals surface area contributed by atoms with Crippen LogP contribution >= 0.6 is 0 Å². The first-order valence-corrected chi connectivity index (χ1v) is 10.4. The lowest BCUT2D eigenvalue weighted by molar-refractivity contribution is 0.198. The number of rotatable bonds is 4. The molecule has 6 nitrogen and oxygen atoms in total. The van der Waals surface area contributed by atoms with E-state index in [0.717, 1.165) is 12.1 Å². The second-order valence-corrected chi connectivity index (χ2v) is 9.12. The minimum Gasteiger partial charge on any atom is -0.368 e. The summed E-state index contributed by atoms with van der Waals surface area (Å²) >= 11 is 0. The van der Waals surface area contributed by atoms with E-state index in [1.54, 1.807) is 7.05 Å². The molecule has 0 amide bonds. The second kappa shape index (κ2) is 7.41. The molecule has 0 radical (unpaired) electrons. The lowest BCUT2D eigenvalue weighted by atomic mass is 9.97. The molecule has 4 N–H and O–H groups in total. The smallest absolute Gasteiger partial charge is 0.194 e. The first-order chi connectivity index (χ1) is 13.0. The Morgan fingerprint density at radius 3 is 2.50 bits per heavy atom. The number of benzene rings is 1. The van der Waals surface area contributed by atoms with Crippen LogP contribution in [0.25, 0.3) is 0 Å². The maximum Gasteiger partial charge on any atom is 0.194 e. The Morgan fingerprint density at radius 1 is 1.32 bits per heavy atom. The van der Waals surface area contributed by atoms with Crippen molar-refractivity contribution >= 4 is 15.6 Å². The zero-order chi connectivity index (χ0) is 20.8. The van der Waals surface area contributed by atoms with Crippen LogP contribution in [-0.4, -0.2) is 19.9 Å². The molecular formula is C18H23F3N4O2S. The summed E-state index contributed by atoms with van der Waals surface area (Å²) in [6.45, 7) is 3.94. The predicted octanol–water partition coefficient (Wildman–Crippen LogP) is 3.43. The highest BCUT2D eigenvalue weighted by Crippen LogP contribution is 2.33. The number of halogens is 3. The zero-order valence-electron chi connectivity index (χ0n) is 15.7. The summed E-state index contributed by atoms with van der Waals surface area (Å²) in [7, 11) is -1.66. The van der Waals surface area contributed by atoms with Crippen molar-refractivity contribution in [2.75, 3.05) is 5.32 Å². The van der Waals surface area contributed by atoms with Gasteiger partial charge in [0.2, 0.25) is 0 Å². The van der Waals surface area contributed by atoms with Crippen molar-refractivity contribution in [3.05, 3.63) is 47.0 Å². The number of nitrogens with one attached hydrogen (secondary N) is 3. The molecule has 3 rings (SSSR count). The van der Waals surface area contributed by atoms with Gasteiger partial charge in [-0.2, -0.15) is 0 Å². The van der Waals surface area contributed by atoms with Gasteiger partial charge in [-0.1, -0.05) is 13.8 Å². The van der Waals surface area contributed by atoms with Gasteiger partial charge < -0.3 is 15.0 Å². The van der Waals surface area contributed by atoms with Gasteiger partial charge in [-0.15, -0.1) is 0 Å². The fourth-order valence-electron chi connectivity index (χ4n) is 3.49. The normalized spacial score (nSPS) is 23.4. The van der Waals surface area contributed by atoms with Gasteiger partial charge in [0.15, 0.2) is 23.7 Å². The first-order valence-electron chi connectivity index (χ1n) is 8.84. The van der Waals surface area contributed by atoms with Gasteiger partial charge in [-0.25, -0.2) is 26.9 Å². The molecule has 1 aliphatic heterocycles. The van der Waals surface area contributed by atoms with E-state index >= 15 is 0 Å². The number of aromatic nitrogens is 1. The van der Waals surface area contributed by atoms with Crippen LogP contribution in [0.3, 0.4) is 0 Å². The molecule has 1 aromatic heterocycles. The molecular weight excluding hydrogens is 393 g/mol. The molecule has 2 heterocycles. The van der Waals surface area contributed by atoms with Crippen molar-refractivity contribution in [3.63, 3.8) is 0 Å². The highest BCUT2D eigenvalue weighted by molar-refractivity contribution is 7.90. The van der Waals surface area contributed by atoms with E-state index in [-0.39, 0.29) is 22.5 Å². The zero-order valence-corrected chi connectivity index (χ0v) is 16.5. The molecule has 0 aliphatic carbocycles. The van der Waals surface area contributed by atoms with Crippen LogP contribution in [0.2, 0.25) is 0 Å². The largest absolute Gasteiger partial charge is 0.368 e. The minimum absolute atomic E-state index is 0.124. The van der Waals surface area contributed by atoms with Crippen molar-refractivity contribution in [1.29, 1.82) is 4.78 Å². The number of aliphatic hydroxyl groups is 1. The van der Waals surface area contributed by atoms with Crippen molar-refractivity contribution in [2.24, 2.45) is 13.0 Å². The molecule has 0 spiro atoms. The minimum atomic E-state index is -3.28. The lowest BCUT2D eigenvalue weighted by Crippen LogP contribution is -2.36. The molecule has 0 bridgehead atoms. The second-order valence-electron chi connectivity index (χ2n) is 7.33. The Bertz CT molecular complexity index is 981. The maximum atomic E-state index is 13.4. The van der Waals surface area contributed by atoms with E-state index in [1.807, 2.05) is 13.8 Å². The monoisotopic (exact) mass is 416 g/mol. The van der Waals surface area contributed by atoms with E-state index in [9.17, 15) is 22.5 Å². The summed E-state index contributed by atoms with van der Waals surface area (Å²) in [6.07, 6.45) is 1.21. The summed E-state index contributed by atoms with van der Waals surface area (Å²) in [5, 5.41) is 13.2. The van der Waals surface area contributed by atoms with Gasteiger partial charge in [0.25, 0.3) is 0 Å². The third-order valence-corrected chi connectivity index (χ3v) is 6.59. The molecule has 10 heteroatoms. The van der Waals surface area contributed by atoms with Crippen LogP contribution in [0.4, 0.5) is 18.9 Å². The molecule has 1 aliphatic rings. The van der Waals surface area contributed by atoms with E-state index in [1.165, 1.54) is 10.8 Å². The van der Waals surface area contributed by atoms with Gasteiger partial charge >= 0.3 is 0 Å². The number of aliphatic hydroxyl groups excluding tert-OH is 1. The van der Waals surface area contributed by atoms with Gasteiger partial charge in [0, 0.05) is 37.1 Å². The maximum absolute atomic E-state index is 13.4. The van der Waals surface area contributed by atoms with Crippen molar-refractivity contribution in [3.8, 4) is 0 Å². The number of anilines is 1. The topological polar surface area (TPSA) is 90.1 Å². The number of nitrogens with zero attached hydrogens (tertiary/aromatic N) is 1. The van der Waals surface area contributed by atoms with Gasteiger partial charge in [0.1, 0.15) is 9.92 Å². The number of hydrogen-bond donors (Lipinski definition) is 4. The van der Waals surface area contributed by atoms with Crippen molar-refractivity contribution < 1.29 is 22.5 Å². The standard InChI is InChI=1S/C18H23F3N4O2S/c1-9(2)14-5-4-11-15(28(22,27)24-14)8-25(3)17(11)18(26)23-10-6-12(19)16(21)13(20)7-10/h6-9,14,18,23,26H,4-5H2,1-3H3,(H2,22,24,27)/t14-,18?,28?/m0/s1. The Morgan fingerprint density at radius 2 is 1.93 bits per heavy atom. The first kappa shape index (κ1) is 20.7. The van der Waals surface area contributed by atoms with E-state index < -0.39 is 33.6 Å². The van der Waals surface area contributed by atoms with Crippen LogP contribution < -0.4 is 10.0 Å². The third kappa shape index (κ3) is 3.76. The Balaban J connectivity index is 1.97. The highest BCUT2D eigenvalue weighted by Gasteiger charge is 2.31. The van der Waals surface area contributed by atoms with Crippen molar-refractivity contribution in [2.45, 2.75) is 43.9 Å². The molecule has 154 valence electrons. The van der Waals surface area contributed by atoms with Crippen LogP contribution in [0.15, 0.2) is 23.2 Å². The number of hydrogen-bond acceptors (Lipinski definition) is 4. The van der Waals surface area contributed by atoms with Gasteiger partial charge in [-0.3, -0.25) is 0 Å². The third-order valence-electron chi connectivity index (χ3n) is 4.98. The highest BCUT2D eigenvalue weighted by atomic mass is 32.2. The summed E-state index contributed by atoms with van der Waals surface area (Å²) in [6, 6.07) is 1.36. The predicted molar refractivity (Wildman–Crippen MR) is 99.5 cm³/mol. The Hall–Kier alpha value is -2.04. The SMILES string of the molecule is CC(C)[C@@H]1CCc2c(cn(C)c2C(O)Nc2cc(F)c(F)c(F)c2)S(=N)(=O)N1. The Labute approximate surface area is 161 Å². The Kier molecular flexibility index (Phi) is 5.48. The average Bonchev–Trinajstić information content (AvgIpc) is 2.87. The van der Waals surface area contributed by atoms with Gasteiger partial charge in [0.05, 0.1) is 10.6 Å². The van der Waals surface area contributed by atoms with Crippen LogP contribution in [-0.2, 0) is 23.4 Å².